The maximum absolute atomic E-state index is 13.1. The number of nitrogens with two attached hydrogens (primary N) is 1. The highest BCUT2D eigenvalue weighted by Crippen LogP contribution is 2.32. The third kappa shape index (κ3) is 3.52. The van der Waals surface area contributed by atoms with E-state index in [9.17, 15) is 8.78 Å². The van der Waals surface area contributed by atoms with Gasteiger partial charge in [0.25, 0.3) is 0 Å². The summed E-state index contributed by atoms with van der Waals surface area (Å²) in [7, 11) is 0. The summed E-state index contributed by atoms with van der Waals surface area (Å²) in [6, 6.07) is 8.25. The van der Waals surface area contributed by atoms with E-state index in [2.05, 4.69) is 15.9 Å². The standard InChI is InChI=1S/C14H12BrF2NO/c1-8(18)9-2-3-14(13(15)4-9)19-12-6-10(16)5-11(17)7-12/h2-8H,18H2,1H3. The van der Waals surface area contributed by atoms with Crippen molar-refractivity contribution in [1.82, 2.24) is 0 Å². The topological polar surface area (TPSA) is 35.2 Å². The Hall–Kier alpha value is -1.46. The fourth-order valence-electron chi connectivity index (χ4n) is 1.60. The van der Waals surface area contributed by atoms with Gasteiger partial charge in [-0.1, -0.05) is 6.07 Å². The molecular weight excluding hydrogens is 316 g/mol. The maximum atomic E-state index is 13.1. The predicted octanol–water partition coefficient (Wildman–Crippen LogP) is 4.54. The highest BCUT2D eigenvalue weighted by Gasteiger charge is 2.08. The van der Waals surface area contributed by atoms with Gasteiger partial charge in [0.1, 0.15) is 23.1 Å². The number of benzene rings is 2. The van der Waals surface area contributed by atoms with E-state index in [0.717, 1.165) is 23.8 Å². The fourth-order valence-corrected chi connectivity index (χ4v) is 2.07. The van der Waals surface area contributed by atoms with E-state index in [1.165, 1.54) is 0 Å². The van der Waals surface area contributed by atoms with Crippen LogP contribution in [0.1, 0.15) is 18.5 Å². The summed E-state index contributed by atoms with van der Waals surface area (Å²) in [5, 5.41) is 0. The van der Waals surface area contributed by atoms with Crippen molar-refractivity contribution in [2.75, 3.05) is 0 Å². The third-order valence-electron chi connectivity index (χ3n) is 2.55. The zero-order chi connectivity index (χ0) is 14.0. The normalized spacial score (nSPS) is 12.3. The molecule has 0 radical (unpaired) electrons. The highest BCUT2D eigenvalue weighted by atomic mass is 79.9. The van der Waals surface area contributed by atoms with Crippen molar-refractivity contribution < 1.29 is 13.5 Å². The Morgan fingerprint density at radius 3 is 2.26 bits per heavy atom. The molecule has 2 rings (SSSR count). The first-order valence-electron chi connectivity index (χ1n) is 5.64. The summed E-state index contributed by atoms with van der Waals surface area (Å²) in [5.74, 6) is -0.794. The third-order valence-corrected chi connectivity index (χ3v) is 3.17. The lowest BCUT2D eigenvalue weighted by molar-refractivity contribution is 0.465. The van der Waals surface area contributed by atoms with Crippen LogP contribution in [0.2, 0.25) is 0 Å². The summed E-state index contributed by atoms with van der Waals surface area (Å²) < 4.78 is 32.2. The SMILES string of the molecule is CC(N)c1ccc(Oc2cc(F)cc(F)c2)c(Br)c1. The molecule has 2 aromatic carbocycles. The smallest absolute Gasteiger partial charge is 0.141 e. The summed E-state index contributed by atoms with van der Waals surface area (Å²) in [6.45, 7) is 1.87. The van der Waals surface area contributed by atoms with Crippen LogP contribution >= 0.6 is 15.9 Å². The van der Waals surface area contributed by atoms with Crippen LogP contribution in [-0.2, 0) is 0 Å². The van der Waals surface area contributed by atoms with Crippen molar-refractivity contribution >= 4 is 15.9 Å². The van der Waals surface area contributed by atoms with Crippen molar-refractivity contribution in [2.24, 2.45) is 5.73 Å². The Morgan fingerprint density at radius 2 is 1.74 bits per heavy atom. The molecule has 0 fully saturated rings. The minimum absolute atomic E-state index is 0.100. The second-order valence-corrected chi connectivity index (χ2v) is 5.04. The number of hydrogen-bond donors (Lipinski definition) is 1. The zero-order valence-electron chi connectivity index (χ0n) is 10.2. The molecule has 2 aromatic rings. The van der Waals surface area contributed by atoms with Crippen LogP contribution in [0.5, 0.6) is 11.5 Å². The van der Waals surface area contributed by atoms with Crippen LogP contribution < -0.4 is 10.5 Å². The van der Waals surface area contributed by atoms with Gasteiger partial charge in [0.15, 0.2) is 0 Å². The first-order chi connectivity index (χ1) is 8.95. The molecule has 0 aliphatic heterocycles. The van der Waals surface area contributed by atoms with E-state index < -0.39 is 11.6 Å². The largest absolute Gasteiger partial charge is 0.456 e. The molecule has 0 spiro atoms. The second kappa shape index (κ2) is 5.67. The first-order valence-corrected chi connectivity index (χ1v) is 6.44. The molecule has 1 unspecified atom stereocenters. The van der Waals surface area contributed by atoms with Crippen molar-refractivity contribution in [3.8, 4) is 11.5 Å². The van der Waals surface area contributed by atoms with Crippen LogP contribution in [0.4, 0.5) is 8.78 Å². The van der Waals surface area contributed by atoms with Crippen molar-refractivity contribution in [3.05, 3.63) is 58.1 Å². The minimum atomic E-state index is -0.682. The molecule has 0 aliphatic rings. The summed E-state index contributed by atoms with van der Waals surface area (Å²) in [6.07, 6.45) is 0. The van der Waals surface area contributed by atoms with E-state index in [0.29, 0.717) is 10.2 Å². The monoisotopic (exact) mass is 327 g/mol. The van der Waals surface area contributed by atoms with Crippen LogP contribution in [0.15, 0.2) is 40.9 Å². The molecule has 19 heavy (non-hydrogen) atoms. The molecule has 0 saturated heterocycles. The lowest BCUT2D eigenvalue weighted by Gasteiger charge is -2.11. The van der Waals surface area contributed by atoms with Gasteiger partial charge in [-0.15, -0.1) is 0 Å². The van der Waals surface area contributed by atoms with Gasteiger partial charge >= 0.3 is 0 Å². The molecule has 1 atom stereocenters. The average Bonchev–Trinajstić information content (AvgIpc) is 2.30. The van der Waals surface area contributed by atoms with Crippen LogP contribution in [0.25, 0.3) is 0 Å². The summed E-state index contributed by atoms with van der Waals surface area (Å²) >= 11 is 3.34. The first kappa shape index (κ1) is 14.0. The van der Waals surface area contributed by atoms with Crippen molar-refractivity contribution in [3.63, 3.8) is 0 Å². The second-order valence-electron chi connectivity index (χ2n) is 4.19. The van der Waals surface area contributed by atoms with Gasteiger partial charge in [0.2, 0.25) is 0 Å². The lowest BCUT2D eigenvalue weighted by atomic mass is 10.1. The summed E-state index contributed by atoms with van der Waals surface area (Å²) in [4.78, 5) is 0. The van der Waals surface area contributed by atoms with E-state index >= 15 is 0 Å². The van der Waals surface area contributed by atoms with Gasteiger partial charge in [0.05, 0.1) is 4.47 Å². The van der Waals surface area contributed by atoms with Crippen molar-refractivity contribution in [1.29, 1.82) is 0 Å². The Kier molecular flexibility index (Phi) is 4.17. The lowest BCUT2D eigenvalue weighted by Crippen LogP contribution is -2.04. The number of rotatable bonds is 3. The molecular formula is C14H12BrF2NO. The zero-order valence-corrected chi connectivity index (χ0v) is 11.7. The van der Waals surface area contributed by atoms with Gasteiger partial charge in [-0.25, -0.2) is 8.78 Å². The predicted molar refractivity (Wildman–Crippen MR) is 73.2 cm³/mol. The average molecular weight is 328 g/mol. The molecule has 0 bridgehead atoms. The number of hydrogen-bond acceptors (Lipinski definition) is 2. The molecule has 5 heteroatoms. The molecule has 100 valence electrons. The fraction of sp³-hybridized carbons (Fsp3) is 0.143. The molecule has 2 nitrogen and oxygen atoms in total. The molecule has 0 heterocycles. The Balaban J connectivity index is 2.28. The van der Waals surface area contributed by atoms with Crippen LogP contribution in [-0.4, -0.2) is 0 Å². The van der Waals surface area contributed by atoms with E-state index in [-0.39, 0.29) is 11.8 Å². The quantitative estimate of drug-likeness (QED) is 0.898. The Morgan fingerprint density at radius 1 is 1.11 bits per heavy atom. The van der Waals surface area contributed by atoms with Gasteiger partial charge in [0, 0.05) is 24.2 Å². The van der Waals surface area contributed by atoms with Crippen LogP contribution in [0, 0.1) is 11.6 Å². The highest BCUT2D eigenvalue weighted by molar-refractivity contribution is 9.10. The van der Waals surface area contributed by atoms with Gasteiger partial charge in [-0.3, -0.25) is 0 Å². The Labute approximate surface area is 118 Å². The van der Waals surface area contributed by atoms with Gasteiger partial charge < -0.3 is 10.5 Å². The van der Waals surface area contributed by atoms with Gasteiger partial charge in [-0.05, 0) is 40.5 Å². The maximum Gasteiger partial charge on any atom is 0.141 e. The van der Waals surface area contributed by atoms with Crippen LogP contribution in [0.3, 0.4) is 0 Å². The van der Waals surface area contributed by atoms with Crippen molar-refractivity contribution in [2.45, 2.75) is 13.0 Å². The molecule has 0 aromatic heterocycles. The van der Waals surface area contributed by atoms with E-state index in [4.69, 9.17) is 10.5 Å². The molecule has 0 aliphatic carbocycles. The minimum Gasteiger partial charge on any atom is -0.456 e. The summed E-state index contributed by atoms with van der Waals surface area (Å²) in [5.41, 5.74) is 6.70. The number of ether oxygens (including phenoxy) is 1. The van der Waals surface area contributed by atoms with E-state index in [1.54, 1.807) is 12.1 Å². The van der Waals surface area contributed by atoms with Gasteiger partial charge in [-0.2, -0.15) is 0 Å². The molecule has 2 N–H and O–H groups in total. The Bertz CT molecular complexity index is 582. The number of halogens is 3. The molecule has 0 saturated carbocycles. The van der Waals surface area contributed by atoms with E-state index in [1.807, 2.05) is 13.0 Å². The molecule has 0 amide bonds.